The number of aromatic nitrogens is 3. The number of pyridine rings is 1. The number of esters is 1. The van der Waals surface area contributed by atoms with Crippen molar-refractivity contribution in [3.63, 3.8) is 0 Å². The molecule has 1 saturated heterocycles. The number of methoxy groups -OCH3 is 1. The van der Waals surface area contributed by atoms with E-state index in [-0.39, 0.29) is 10.9 Å². The Morgan fingerprint density at radius 1 is 1.23 bits per heavy atom. The van der Waals surface area contributed by atoms with Crippen molar-refractivity contribution >= 4 is 34.3 Å². The van der Waals surface area contributed by atoms with Gasteiger partial charge in [-0.05, 0) is 31.0 Å². The van der Waals surface area contributed by atoms with Crippen LogP contribution in [0.4, 0.5) is 19.0 Å². The molecule has 1 aliphatic rings. The van der Waals surface area contributed by atoms with Gasteiger partial charge in [-0.1, -0.05) is 17.7 Å². The van der Waals surface area contributed by atoms with Crippen LogP contribution in [0.3, 0.4) is 0 Å². The molecule has 10 heteroatoms. The fourth-order valence-corrected chi connectivity index (χ4v) is 4.30. The van der Waals surface area contributed by atoms with Crippen LogP contribution in [0.2, 0.25) is 5.02 Å². The largest absolute Gasteiger partial charge is 0.465 e. The molecule has 0 radical (unpaired) electrons. The molecule has 1 aromatic carbocycles. The maximum atomic E-state index is 12.9. The molecule has 1 aliphatic heterocycles. The molecule has 6 nitrogen and oxygen atoms in total. The van der Waals surface area contributed by atoms with Crippen molar-refractivity contribution in [2.24, 2.45) is 7.05 Å². The summed E-state index contributed by atoms with van der Waals surface area (Å²) in [5.74, 6) is 0.137. The zero-order valence-electron chi connectivity index (χ0n) is 16.9. The normalized spacial score (nSPS) is 15.5. The molecule has 2 aromatic heterocycles. The molecular weight excluding hydrogens is 433 g/mol. The van der Waals surface area contributed by atoms with Gasteiger partial charge in [0.15, 0.2) is 0 Å². The third-order valence-corrected chi connectivity index (χ3v) is 5.91. The fraction of sp³-hybridized carbons (Fsp3) is 0.381. The first-order chi connectivity index (χ1) is 14.7. The van der Waals surface area contributed by atoms with Crippen LogP contribution in [0.1, 0.15) is 40.4 Å². The molecule has 0 saturated carbocycles. The summed E-state index contributed by atoms with van der Waals surface area (Å²) in [6, 6.07) is 6.28. The Bertz CT molecular complexity index is 1140. The lowest BCUT2D eigenvalue weighted by Gasteiger charge is -2.32. The predicted octanol–water partition coefficient (Wildman–Crippen LogP) is 4.81. The van der Waals surface area contributed by atoms with E-state index in [9.17, 15) is 18.0 Å². The van der Waals surface area contributed by atoms with Gasteiger partial charge in [-0.3, -0.25) is 4.68 Å². The maximum absolute atomic E-state index is 12.9. The molecule has 1 fully saturated rings. The van der Waals surface area contributed by atoms with Crippen LogP contribution >= 0.6 is 11.6 Å². The molecule has 31 heavy (non-hydrogen) atoms. The number of aryl methyl sites for hydroxylation is 1. The standard InChI is InChI=1S/C21H20ClF3N4O2/c1-28-17-9-13(20(30)31-2)3-4-15(17)18(27-28)12-5-7-29(8-6-12)19-16(22)10-14(11-26-19)21(23,24)25/h3-4,9-12H,5-8H2,1-2H3. The second kappa shape index (κ2) is 8.03. The third kappa shape index (κ3) is 4.06. The zero-order valence-corrected chi connectivity index (χ0v) is 17.7. The highest BCUT2D eigenvalue weighted by Crippen LogP contribution is 2.37. The van der Waals surface area contributed by atoms with Crippen LogP contribution in [-0.4, -0.2) is 40.9 Å². The number of carbonyl (C=O) groups excluding carboxylic acids is 1. The Labute approximate surface area is 181 Å². The lowest BCUT2D eigenvalue weighted by atomic mass is 9.91. The first-order valence-electron chi connectivity index (χ1n) is 9.71. The van der Waals surface area contributed by atoms with E-state index in [1.807, 2.05) is 18.0 Å². The van der Waals surface area contributed by atoms with E-state index in [4.69, 9.17) is 16.3 Å². The number of rotatable bonds is 3. The Morgan fingerprint density at radius 2 is 1.94 bits per heavy atom. The van der Waals surface area contributed by atoms with Crippen molar-refractivity contribution in [2.45, 2.75) is 24.9 Å². The van der Waals surface area contributed by atoms with Crippen molar-refractivity contribution in [1.82, 2.24) is 14.8 Å². The average Bonchev–Trinajstić information content (AvgIpc) is 3.08. The van der Waals surface area contributed by atoms with Crippen molar-refractivity contribution in [3.05, 3.63) is 52.3 Å². The van der Waals surface area contributed by atoms with Gasteiger partial charge >= 0.3 is 12.1 Å². The van der Waals surface area contributed by atoms with Gasteiger partial charge in [0, 0.05) is 37.6 Å². The van der Waals surface area contributed by atoms with E-state index >= 15 is 0 Å². The first kappa shape index (κ1) is 21.4. The van der Waals surface area contributed by atoms with Gasteiger partial charge < -0.3 is 9.64 Å². The van der Waals surface area contributed by atoms with Crippen LogP contribution in [0.15, 0.2) is 30.5 Å². The van der Waals surface area contributed by atoms with Crippen molar-refractivity contribution in [1.29, 1.82) is 0 Å². The van der Waals surface area contributed by atoms with Crippen molar-refractivity contribution < 1.29 is 22.7 Å². The molecule has 0 N–H and O–H groups in total. The Kier molecular flexibility index (Phi) is 5.55. The maximum Gasteiger partial charge on any atom is 0.417 e. The van der Waals surface area contributed by atoms with Crippen LogP contribution in [0.5, 0.6) is 0 Å². The predicted molar refractivity (Wildman–Crippen MR) is 110 cm³/mol. The molecular formula is C21H20ClF3N4O2. The van der Waals surface area contributed by atoms with Gasteiger partial charge in [0.05, 0.1) is 34.5 Å². The molecule has 3 aromatic rings. The second-order valence-electron chi connectivity index (χ2n) is 7.52. The molecule has 3 heterocycles. The molecule has 4 rings (SSSR count). The summed E-state index contributed by atoms with van der Waals surface area (Å²) in [4.78, 5) is 17.7. The number of hydrogen-bond donors (Lipinski definition) is 0. The quantitative estimate of drug-likeness (QED) is 0.534. The van der Waals surface area contributed by atoms with Gasteiger partial charge in [0.1, 0.15) is 5.82 Å². The number of alkyl halides is 3. The summed E-state index contributed by atoms with van der Waals surface area (Å²) in [7, 11) is 3.17. The van der Waals surface area contributed by atoms with Crippen LogP contribution in [0, 0.1) is 0 Å². The number of nitrogens with zero attached hydrogens (tertiary/aromatic N) is 4. The number of carbonyl (C=O) groups is 1. The number of ether oxygens (including phenoxy) is 1. The number of fused-ring (bicyclic) bond motifs is 1. The van der Waals surface area contributed by atoms with E-state index in [2.05, 4.69) is 10.1 Å². The van der Waals surface area contributed by atoms with Crippen molar-refractivity contribution in [3.8, 4) is 0 Å². The highest BCUT2D eigenvalue weighted by atomic mass is 35.5. The Hall–Kier alpha value is -2.81. The lowest BCUT2D eigenvalue weighted by molar-refractivity contribution is -0.137. The molecule has 0 aliphatic carbocycles. The highest BCUT2D eigenvalue weighted by molar-refractivity contribution is 6.33. The van der Waals surface area contributed by atoms with E-state index in [1.165, 1.54) is 7.11 Å². The number of anilines is 1. The van der Waals surface area contributed by atoms with Gasteiger partial charge in [0.25, 0.3) is 0 Å². The average molecular weight is 453 g/mol. The van der Waals surface area contributed by atoms with E-state index < -0.39 is 17.7 Å². The molecule has 0 unspecified atom stereocenters. The molecule has 0 bridgehead atoms. The van der Waals surface area contributed by atoms with E-state index in [0.29, 0.717) is 24.5 Å². The van der Waals surface area contributed by atoms with E-state index in [1.54, 1.807) is 16.8 Å². The fourth-order valence-electron chi connectivity index (χ4n) is 4.01. The summed E-state index contributed by atoms with van der Waals surface area (Å²) in [5.41, 5.74) is 1.39. The molecule has 0 amide bonds. The minimum atomic E-state index is -4.48. The van der Waals surface area contributed by atoms with Gasteiger partial charge in [-0.15, -0.1) is 0 Å². The summed E-state index contributed by atoms with van der Waals surface area (Å²) in [6.45, 7) is 1.20. The summed E-state index contributed by atoms with van der Waals surface area (Å²) in [5, 5.41) is 5.64. The summed E-state index contributed by atoms with van der Waals surface area (Å²) < 4.78 is 45.1. The number of benzene rings is 1. The summed E-state index contributed by atoms with van der Waals surface area (Å²) in [6.07, 6.45) is -2.15. The highest BCUT2D eigenvalue weighted by Gasteiger charge is 2.33. The SMILES string of the molecule is COC(=O)c1ccc2c(C3CCN(c4ncc(C(F)(F)F)cc4Cl)CC3)nn(C)c2c1. The van der Waals surface area contributed by atoms with Crippen LogP contribution in [0.25, 0.3) is 10.9 Å². The minimum absolute atomic E-state index is 0.00750. The third-order valence-electron chi connectivity index (χ3n) is 5.63. The van der Waals surface area contributed by atoms with Crippen molar-refractivity contribution in [2.75, 3.05) is 25.1 Å². The van der Waals surface area contributed by atoms with Crippen LogP contribution in [-0.2, 0) is 18.0 Å². The topological polar surface area (TPSA) is 60.2 Å². The summed E-state index contributed by atoms with van der Waals surface area (Å²) >= 11 is 6.10. The lowest BCUT2D eigenvalue weighted by Crippen LogP contribution is -2.34. The molecule has 0 spiro atoms. The number of hydrogen-bond acceptors (Lipinski definition) is 5. The monoisotopic (exact) mass is 452 g/mol. The minimum Gasteiger partial charge on any atom is -0.465 e. The Balaban J connectivity index is 1.53. The molecule has 0 atom stereocenters. The van der Waals surface area contributed by atoms with E-state index in [0.717, 1.165) is 41.7 Å². The van der Waals surface area contributed by atoms with Gasteiger partial charge in [0.2, 0.25) is 0 Å². The smallest absolute Gasteiger partial charge is 0.417 e. The van der Waals surface area contributed by atoms with Gasteiger partial charge in [-0.25, -0.2) is 9.78 Å². The number of halogens is 4. The Morgan fingerprint density at radius 3 is 2.55 bits per heavy atom. The van der Waals surface area contributed by atoms with Gasteiger partial charge in [-0.2, -0.15) is 18.3 Å². The number of piperidine rings is 1. The van der Waals surface area contributed by atoms with Crippen LogP contribution < -0.4 is 4.90 Å². The zero-order chi connectivity index (χ0) is 22.3. The first-order valence-corrected chi connectivity index (χ1v) is 10.1. The molecule has 164 valence electrons. The second-order valence-corrected chi connectivity index (χ2v) is 7.93.